The molecular weight excluding hydrogens is 550 g/mol. The quantitative estimate of drug-likeness (QED) is 0.177. The van der Waals surface area contributed by atoms with Crippen molar-refractivity contribution >= 4 is 29.8 Å². The summed E-state index contributed by atoms with van der Waals surface area (Å²) < 4.78 is 10.9. The van der Waals surface area contributed by atoms with E-state index in [-0.39, 0.29) is 25.9 Å². The van der Waals surface area contributed by atoms with Crippen LogP contribution in [0.15, 0.2) is 14.4 Å². The van der Waals surface area contributed by atoms with Crippen LogP contribution in [0, 0.1) is 5.41 Å². The summed E-state index contributed by atoms with van der Waals surface area (Å²) in [6.07, 6.45) is -2.01. The van der Waals surface area contributed by atoms with Crippen molar-refractivity contribution in [3.8, 4) is 0 Å². The molecule has 4 amide bonds. The molecule has 1 aromatic rings. The van der Waals surface area contributed by atoms with E-state index in [1.807, 2.05) is 0 Å². The SMILES string of the molecule is CCC(O)COC(=O)Cn1c(=O)n(C)c(=O)n(CC(=O)OCC(O)CN2C(=O)N(C)C(=O)C(CC)(CC)C2=O)c1=O. The number of barbiturate groups is 1. The van der Waals surface area contributed by atoms with Crippen molar-refractivity contribution in [2.24, 2.45) is 12.5 Å². The molecule has 1 fully saturated rings. The summed E-state index contributed by atoms with van der Waals surface area (Å²) in [6, 6.07) is -0.956. The number of carbonyl (C=O) groups excluding carboxylic acids is 5. The monoisotopic (exact) mass is 585 g/mol. The van der Waals surface area contributed by atoms with Gasteiger partial charge in [-0.2, -0.15) is 0 Å². The Bertz CT molecular complexity index is 1370. The Hall–Kier alpha value is -4.12. The number of hydrogen-bond donors (Lipinski definition) is 2. The molecule has 2 atom stereocenters. The van der Waals surface area contributed by atoms with E-state index in [0.717, 1.165) is 11.9 Å². The Morgan fingerprint density at radius 3 is 1.66 bits per heavy atom. The molecule has 1 aromatic heterocycles. The van der Waals surface area contributed by atoms with Crippen LogP contribution < -0.4 is 17.1 Å². The lowest BCUT2D eigenvalue weighted by Crippen LogP contribution is -2.65. The number of urea groups is 1. The van der Waals surface area contributed by atoms with Crippen molar-refractivity contribution in [2.45, 2.75) is 65.3 Å². The van der Waals surface area contributed by atoms with Gasteiger partial charge in [-0.3, -0.25) is 29.0 Å². The van der Waals surface area contributed by atoms with Crippen LogP contribution in [-0.2, 0) is 48.8 Å². The summed E-state index contributed by atoms with van der Waals surface area (Å²) in [5, 5.41) is 19.9. The zero-order valence-electron chi connectivity index (χ0n) is 23.5. The largest absolute Gasteiger partial charge is 0.462 e. The molecule has 0 aromatic carbocycles. The molecule has 1 aliphatic rings. The highest BCUT2D eigenvalue weighted by molar-refractivity contribution is 6.18. The van der Waals surface area contributed by atoms with E-state index < -0.39 is 90.7 Å². The average molecular weight is 586 g/mol. The number of β-amino-alcohol motifs (C(OH)–C–C–N with tert-alkyl or cyclic N) is 1. The molecule has 1 saturated heterocycles. The number of aliphatic hydroxyl groups excluding tert-OH is 2. The first-order valence-electron chi connectivity index (χ1n) is 12.9. The molecule has 41 heavy (non-hydrogen) atoms. The molecule has 0 spiro atoms. The molecule has 17 nitrogen and oxygen atoms in total. The summed E-state index contributed by atoms with van der Waals surface area (Å²) in [5.74, 6) is -3.69. The van der Waals surface area contributed by atoms with Crippen LogP contribution in [-0.4, -0.2) is 103 Å². The molecule has 0 bridgehead atoms. The van der Waals surface area contributed by atoms with Gasteiger partial charge in [0, 0.05) is 14.1 Å². The first-order valence-corrected chi connectivity index (χ1v) is 12.9. The highest BCUT2D eigenvalue weighted by atomic mass is 16.5. The maximum atomic E-state index is 13.0. The van der Waals surface area contributed by atoms with E-state index in [1.165, 1.54) is 7.05 Å². The Kier molecular flexibility index (Phi) is 10.9. The predicted octanol–water partition coefficient (Wildman–Crippen LogP) is -2.85. The number of hydrogen-bond acceptors (Lipinski definition) is 12. The van der Waals surface area contributed by atoms with Gasteiger partial charge in [-0.15, -0.1) is 0 Å². The van der Waals surface area contributed by atoms with Gasteiger partial charge in [-0.25, -0.2) is 32.9 Å². The van der Waals surface area contributed by atoms with Crippen LogP contribution >= 0.6 is 0 Å². The van der Waals surface area contributed by atoms with Gasteiger partial charge < -0.3 is 19.7 Å². The first-order chi connectivity index (χ1) is 19.2. The number of imide groups is 2. The van der Waals surface area contributed by atoms with E-state index in [4.69, 9.17) is 9.47 Å². The summed E-state index contributed by atoms with van der Waals surface area (Å²) in [4.78, 5) is 102. The Morgan fingerprint density at radius 2 is 1.22 bits per heavy atom. The van der Waals surface area contributed by atoms with Crippen molar-refractivity contribution in [1.82, 2.24) is 23.5 Å². The number of aromatic nitrogens is 3. The fraction of sp³-hybridized carbons (Fsp3) is 0.667. The van der Waals surface area contributed by atoms with Gasteiger partial charge >= 0.3 is 35.0 Å². The minimum Gasteiger partial charge on any atom is -0.462 e. The second kappa shape index (κ2) is 13.5. The van der Waals surface area contributed by atoms with Gasteiger partial charge in [0.05, 0.1) is 12.6 Å². The lowest BCUT2D eigenvalue weighted by molar-refractivity contribution is -0.160. The minimum absolute atomic E-state index is 0.116. The summed E-state index contributed by atoms with van der Waals surface area (Å²) in [7, 11) is 2.22. The zero-order chi connectivity index (χ0) is 31.2. The van der Waals surface area contributed by atoms with E-state index in [1.54, 1.807) is 20.8 Å². The molecule has 2 N–H and O–H groups in total. The third-order valence-corrected chi connectivity index (χ3v) is 6.90. The molecule has 2 unspecified atom stereocenters. The number of nitrogens with zero attached hydrogens (tertiary/aromatic N) is 5. The van der Waals surface area contributed by atoms with Crippen LogP contribution in [0.25, 0.3) is 0 Å². The fourth-order valence-electron chi connectivity index (χ4n) is 4.17. The average Bonchev–Trinajstić information content (AvgIpc) is 2.96. The number of amides is 4. The van der Waals surface area contributed by atoms with Gasteiger partial charge in [0.1, 0.15) is 37.8 Å². The van der Waals surface area contributed by atoms with Gasteiger partial charge in [0.2, 0.25) is 11.8 Å². The lowest BCUT2D eigenvalue weighted by atomic mass is 9.78. The molecule has 2 rings (SSSR count). The molecule has 0 saturated carbocycles. The van der Waals surface area contributed by atoms with Crippen molar-refractivity contribution in [2.75, 3.05) is 26.8 Å². The molecule has 17 heteroatoms. The number of aliphatic hydroxyl groups is 2. The molecule has 1 aliphatic heterocycles. The zero-order valence-corrected chi connectivity index (χ0v) is 23.5. The van der Waals surface area contributed by atoms with Crippen molar-refractivity contribution in [3.05, 3.63) is 31.5 Å². The molecular formula is C24H35N5O12. The highest BCUT2D eigenvalue weighted by Gasteiger charge is 2.54. The standard InChI is InChI=1S/C24H35N5O12/c1-6-14(30)12-40-16(32)10-28-21(37)26(5)22(38)29(23(28)39)11-17(33)41-13-15(31)9-27-19(35)24(7-2,8-3)18(34)25(4)20(27)36/h14-15,30-31H,6-13H2,1-5H3. The van der Waals surface area contributed by atoms with Crippen LogP contribution in [0.3, 0.4) is 0 Å². The number of ether oxygens (including phenoxy) is 2. The van der Waals surface area contributed by atoms with Crippen LogP contribution in [0.4, 0.5) is 4.79 Å². The van der Waals surface area contributed by atoms with Gasteiger partial charge in [0.25, 0.3) is 0 Å². The van der Waals surface area contributed by atoms with Gasteiger partial charge in [0.15, 0.2) is 0 Å². The van der Waals surface area contributed by atoms with Crippen molar-refractivity contribution in [3.63, 3.8) is 0 Å². The second-order valence-electron chi connectivity index (χ2n) is 9.51. The van der Waals surface area contributed by atoms with Crippen molar-refractivity contribution < 1.29 is 43.7 Å². The van der Waals surface area contributed by atoms with Gasteiger partial charge in [-0.05, 0) is 19.3 Å². The molecule has 0 radical (unpaired) electrons. The minimum atomic E-state index is -1.58. The molecule has 0 aliphatic carbocycles. The molecule has 2 heterocycles. The number of esters is 2. The Morgan fingerprint density at radius 1 is 0.756 bits per heavy atom. The second-order valence-corrected chi connectivity index (χ2v) is 9.51. The van der Waals surface area contributed by atoms with Crippen LogP contribution in [0.1, 0.15) is 40.0 Å². The summed E-state index contributed by atoms with van der Waals surface area (Å²) >= 11 is 0. The van der Waals surface area contributed by atoms with E-state index in [0.29, 0.717) is 18.6 Å². The maximum Gasteiger partial charge on any atom is 0.337 e. The number of carbonyl (C=O) groups is 5. The third kappa shape index (κ3) is 6.79. The van der Waals surface area contributed by atoms with Crippen molar-refractivity contribution in [1.29, 1.82) is 0 Å². The fourth-order valence-corrected chi connectivity index (χ4v) is 4.17. The summed E-state index contributed by atoms with van der Waals surface area (Å²) in [6.45, 7) is 1.24. The molecule has 228 valence electrons. The van der Waals surface area contributed by atoms with Crippen LogP contribution in [0.5, 0.6) is 0 Å². The predicted molar refractivity (Wildman–Crippen MR) is 137 cm³/mol. The smallest absolute Gasteiger partial charge is 0.337 e. The number of rotatable bonds is 13. The lowest BCUT2D eigenvalue weighted by Gasteiger charge is -2.42. The highest BCUT2D eigenvalue weighted by Crippen LogP contribution is 2.35. The Balaban J connectivity index is 2.13. The van der Waals surface area contributed by atoms with E-state index in [9.17, 15) is 48.6 Å². The normalized spacial score (nSPS) is 16.5. The first kappa shape index (κ1) is 33.1. The topological polar surface area (TPSA) is 217 Å². The van der Waals surface area contributed by atoms with Gasteiger partial charge in [-0.1, -0.05) is 20.8 Å². The van der Waals surface area contributed by atoms with E-state index >= 15 is 0 Å². The third-order valence-electron chi connectivity index (χ3n) is 6.90. The summed E-state index contributed by atoms with van der Waals surface area (Å²) in [5.41, 5.74) is -5.12. The maximum absolute atomic E-state index is 13.0. The van der Waals surface area contributed by atoms with E-state index in [2.05, 4.69) is 0 Å². The Labute approximate surface area is 233 Å². The van der Waals surface area contributed by atoms with Crippen LogP contribution in [0.2, 0.25) is 0 Å².